The van der Waals surface area contributed by atoms with E-state index in [1.807, 2.05) is 0 Å². The smallest absolute Gasteiger partial charge is 0.0433 e. The topological polar surface area (TPSA) is 15.3 Å². The first-order chi connectivity index (χ1) is 11.4. The zero-order chi connectivity index (χ0) is 15.3. The molecule has 0 bridgehead atoms. The Labute approximate surface area is 138 Å². The Kier molecular flexibility index (Phi) is 3.02. The summed E-state index contributed by atoms with van der Waals surface area (Å²) in [6.07, 6.45) is 5.32. The summed E-state index contributed by atoms with van der Waals surface area (Å²) in [5.74, 6) is 0. The van der Waals surface area contributed by atoms with Crippen molar-refractivity contribution in [1.29, 1.82) is 0 Å². The van der Waals surface area contributed by atoms with Gasteiger partial charge in [-0.15, -0.1) is 0 Å². The summed E-state index contributed by atoms with van der Waals surface area (Å²) in [6.45, 7) is 2.21. The van der Waals surface area contributed by atoms with E-state index < -0.39 is 0 Å². The summed E-state index contributed by atoms with van der Waals surface area (Å²) in [6, 6.07) is 21.5. The fourth-order valence-corrected chi connectivity index (χ4v) is 5.54. The van der Waals surface area contributed by atoms with Gasteiger partial charge in [0.1, 0.15) is 0 Å². The van der Waals surface area contributed by atoms with E-state index in [4.69, 9.17) is 0 Å². The van der Waals surface area contributed by atoms with E-state index in [0.717, 1.165) is 6.54 Å². The monoisotopic (exact) mass is 304 g/mol. The maximum atomic E-state index is 3.82. The van der Waals surface area contributed by atoms with Gasteiger partial charge in [-0.3, -0.25) is 0 Å². The minimum absolute atomic E-state index is 0.351. The van der Waals surface area contributed by atoms with Crippen LogP contribution in [0.3, 0.4) is 0 Å². The summed E-state index contributed by atoms with van der Waals surface area (Å²) >= 11 is 0. The molecular formula is C21H24N2. The predicted octanol–water partition coefficient (Wildman–Crippen LogP) is 3.86. The fourth-order valence-electron chi connectivity index (χ4n) is 5.54. The molecule has 2 aromatic carbocycles. The van der Waals surface area contributed by atoms with E-state index in [1.165, 1.54) is 43.5 Å². The third kappa shape index (κ3) is 1.85. The van der Waals surface area contributed by atoms with Crippen LogP contribution >= 0.6 is 0 Å². The molecule has 0 unspecified atom stereocenters. The van der Waals surface area contributed by atoms with Crippen LogP contribution in [0.5, 0.6) is 0 Å². The van der Waals surface area contributed by atoms with Crippen molar-refractivity contribution in [2.24, 2.45) is 0 Å². The van der Waals surface area contributed by atoms with E-state index in [0.29, 0.717) is 17.5 Å². The summed E-state index contributed by atoms with van der Waals surface area (Å²) in [5.41, 5.74) is 4.86. The second kappa shape index (κ2) is 5.10. The molecule has 118 valence electrons. The second-order valence-corrected chi connectivity index (χ2v) is 7.37. The number of nitrogens with one attached hydrogen (secondary N) is 1. The maximum absolute atomic E-state index is 3.82. The van der Waals surface area contributed by atoms with E-state index in [1.54, 1.807) is 5.56 Å². The van der Waals surface area contributed by atoms with Gasteiger partial charge in [-0.1, -0.05) is 48.5 Å². The number of anilines is 1. The molecule has 1 aliphatic carbocycles. The fraction of sp³-hybridized carbons (Fsp3) is 0.429. The zero-order valence-corrected chi connectivity index (χ0v) is 13.5. The standard InChI is InChI=1S/C21H24N2/c1-2-7-16(8-3-1)15-23-18-10-5-4-9-17(18)21-13-14-22-19(21)11-6-12-20(21)23/h1-5,7-10,19-20,22H,6,11-15H2/t19-,20+,21-/m1/s1. The molecule has 0 amide bonds. The van der Waals surface area contributed by atoms with Gasteiger partial charge in [0.2, 0.25) is 0 Å². The molecule has 2 heteroatoms. The lowest BCUT2D eigenvalue weighted by Crippen LogP contribution is -2.54. The molecule has 2 heterocycles. The largest absolute Gasteiger partial charge is 0.363 e. The van der Waals surface area contributed by atoms with Gasteiger partial charge in [0.15, 0.2) is 0 Å². The van der Waals surface area contributed by atoms with Crippen molar-refractivity contribution in [2.45, 2.75) is 49.7 Å². The molecule has 5 rings (SSSR count). The molecule has 3 atom stereocenters. The SMILES string of the molecule is c1ccc(CN2c3ccccc3[C@]34CCN[C@@H]3CCC[C@H]24)cc1. The number of nitrogens with zero attached hydrogens (tertiary/aromatic N) is 1. The van der Waals surface area contributed by atoms with Crippen molar-refractivity contribution >= 4 is 5.69 Å². The Morgan fingerprint density at radius 2 is 1.83 bits per heavy atom. The Bertz CT molecular complexity index is 711. The van der Waals surface area contributed by atoms with Crippen molar-refractivity contribution in [1.82, 2.24) is 5.32 Å². The minimum Gasteiger partial charge on any atom is -0.363 e. The summed E-state index contributed by atoms with van der Waals surface area (Å²) in [5, 5.41) is 3.82. The molecule has 23 heavy (non-hydrogen) atoms. The highest BCUT2D eigenvalue weighted by molar-refractivity contribution is 5.66. The Morgan fingerprint density at radius 3 is 2.74 bits per heavy atom. The maximum Gasteiger partial charge on any atom is 0.0433 e. The van der Waals surface area contributed by atoms with Gasteiger partial charge in [-0.2, -0.15) is 0 Å². The van der Waals surface area contributed by atoms with Crippen molar-refractivity contribution < 1.29 is 0 Å². The minimum atomic E-state index is 0.351. The second-order valence-electron chi connectivity index (χ2n) is 7.37. The van der Waals surface area contributed by atoms with Crippen LogP contribution in [0.15, 0.2) is 54.6 Å². The van der Waals surface area contributed by atoms with Crippen LogP contribution < -0.4 is 10.2 Å². The lowest BCUT2D eigenvalue weighted by Gasteiger charge is -2.44. The van der Waals surface area contributed by atoms with Gasteiger partial charge in [-0.05, 0) is 49.4 Å². The van der Waals surface area contributed by atoms with Crippen LogP contribution in [0.2, 0.25) is 0 Å². The highest BCUT2D eigenvalue weighted by Crippen LogP contribution is 2.56. The van der Waals surface area contributed by atoms with Crippen LogP contribution in [-0.2, 0) is 12.0 Å². The lowest BCUT2D eigenvalue weighted by molar-refractivity contribution is 0.235. The molecule has 2 aromatic rings. The van der Waals surface area contributed by atoms with Gasteiger partial charge in [0.25, 0.3) is 0 Å². The zero-order valence-electron chi connectivity index (χ0n) is 13.5. The van der Waals surface area contributed by atoms with Crippen molar-refractivity contribution in [3.05, 3.63) is 65.7 Å². The van der Waals surface area contributed by atoms with Gasteiger partial charge < -0.3 is 10.2 Å². The van der Waals surface area contributed by atoms with Crippen molar-refractivity contribution in [2.75, 3.05) is 11.4 Å². The highest BCUT2D eigenvalue weighted by atomic mass is 15.2. The first kappa shape index (κ1) is 13.6. The van der Waals surface area contributed by atoms with E-state index >= 15 is 0 Å². The third-order valence-electron chi connectivity index (χ3n) is 6.40. The van der Waals surface area contributed by atoms with Crippen LogP contribution in [0.1, 0.15) is 36.8 Å². The summed E-state index contributed by atoms with van der Waals surface area (Å²) in [4.78, 5) is 2.71. The van der Waals surface area contributed by atoms with Crippen molar-refractivity contribution in [3.63, 3.8) is 0 Å². The normalized spacial score (nSPS) is 31.6. The number of fused-ring (bicyclic) bond motifs is 1. The highest BCUT2D eigenvalue weighted by Gasteiger charge is 2.58. The molecule has 2 nitrogen and oxygen atoms in total. The molecule has 2 aliphatic heterocycles. The van der Waals surface area contributed by atoms with Crippen LogP contribution in [0.4, 0.5) is 5.69 Å². The molecule has 1 N–H and O–H groups in total. The van der Waals surface area contributed by atoms with E-state index in [9.17, 15) is 0 Å². The Balaban J connectivity index is 1.62. The molecule has 1 saturated heterocycles. The van der Waals surface area contributed by atoms with E-state index in [2.05, 4.69) is 64.8 Å². The molecule has 3 aliphatic rings. The average molecular weight is 304 g/mol. The first-order valence-corrected chi connectivity index (χ1v) is 9.03. The van der Waals surface area contributed by atoms with Crippen molar-refractivity contribution in [3.8, 4) is 0 Å². The molecule has 2 fully saturated rings. The predicted molar refractivity (Wildman–Crippen MR) is 94.8 cm³/mol. The third-order valence-corrected chi connectivity index (χ3v) is 6.40. The lowest BCUT2D eigenvalue weighted by atomic mass is 9.65. The van der Waals surface area contributed by atoms with Crippen LogP contribution in [0.25, 0.3) is 0 Å². The quantitative estimate of drug-likeness (QED) is 0.906. The van der Waals surface area contributed by atoms with Gasteiger partial charge in [0, 0.05) is 29.7 Å². The number of benzene rings is 2. The van der Waals surface area contributed by atoms with E-state index in [-0.39, 0.29) is 0 Å². The molecule has 1 saturated carbocycles. The first-order valence-electron chi connectivity index (χ1n) is 9.03. The summed E-state index contributed by atoms with van der Waals surface area (Å²) in [7, 11) is 0. The van der Waals surface area contributed by atoms with Gasteiger partial charge in [-0.25, -0.2) is 0 Å². The Morgan fingerprint density at radius 1 is 1.00 bits per heavy atom. The molecule has 0 aromatic heterocycles. The van der Waals surface area contributed by atoms with Crippen LogP contribution in [-0.4, -0.2) is 18.6 Å². The van der Waals surface area contributed by atoms with Gasteiger partial charge >= 0.3 is 0 Å². The summed E-state index contributed by atoms with van der Waals surface area (Å²) < 4.78 is 0. The van der Waals surface area contributed by atoms with Crippen LogP contribution in [0, 0.1) is 0 Å². The molecular weight excluding hydrogens is 280 g/mol. The Hall–Kier alpha value is -1.80. The molecule has 1 spiro atoms. The average Bonchev–Trinajstić information content (AvgIpc) is 3.16. The number of rotatable bonds is 2. The number of hydrogen-bond donors (Lipinski definition) is 1. The number of para-hydroxylation sites is 1. The number of hydrogen-bond acceptors (Lipinski definition) is 2. The van der Waals surface area contributed by atoms with Gasteiger partial charge in [0.05, 0.1) is 0 Å². The molecule has 0 radical (unpaired) electrons.